The van der Waals surface area contributed by atoms with Gasteiger partial charge in [-0.25, -0.2) is 9.97 Å². The first-order valence-corrected chi connectivity index (χ1v) is 6.90. The van der Waals surface area contributed by atoms with Gasteiger partial charge in [0.15, 0.2) is 5.82 Å². The maximum atomic E-state index is 4.70. The van der Waals surface area contributed by atoms with E-state index in [9.17, 15) is 0 Å². The third-order valence-electron chi connectivity index (χ3n) is 3.44. The number of nitrogens with one attached hydrogen (secondary N) is 1. The third-order valence-corrected chi connectivity index (χ3v) is 3.44. The van der Waals surface area contributed by atoms with Crippen molar-refractivity contribution in [3.05, 3.63) is 23.7 Å². The zero-order valence-electron chi connectivity index (χ0n) is 11.5. The predicted molar refractivity (Wildman–Crippen MR) is 75.0 cm³/mol. The molecule has 2 aromatic heterocycles. The zero-order valence-corrected chi connectivity index (χ0v) is 11.5. The van der Waals surface area contributed by atoms with Gasteiger partial charge in [0.05, 0.1) is 11.8 Å². The van der Waals surface area contributed by atoms with Gasteiger partial charge in [-0.1, -0.05) is 6.92 Å². The Morgan fingerprint density at radius 2 is 2.21 bits per heavy atom. The molecule has 0 fully saturated rings. The van der Waals surface area contributed by atoms with E-state index < -0.39 is 0 Å². The summed E-state index contributed by atoms with van der Waals surface area (Å²) in [6, 6.07) is 0. The Bertz CT molecular complexity index is 588. The number of anilines is 1. The third kappa shape index (κ3) is 2.32. The molecule has 1 aliphatic carbocycles. The van der Waals surface area contributed by atoms with E-state index >= 15 is 0 Å². The lowest BCUT2D eigenvalue weighted by Crippen LogP contribution is -2.08. The van der Waals surface area contributed by atoms with Crippen molar-refractivity contribution in [2.75, 3.05) is 11.9 Å². The maximum absolute atomic E-state index is 4.70. The predicted octanol–water partition coefficient (Wildman–Crippen LogP) is 2.19. The van der Waals surface area contributed by atoms with Crippen molar-refractivity contribution >= 4 is 5.82 Å². The molecule has 2 heterocycles. The molecule has 0 spiro atoms. The summed E-state index contributed by atoms with van der Waals surface area (Å²) in [7, 11) is 1.91. The lowest BCUT2D eigenvalue weighted by atomic mass is 10.2. The van der Waals surface area contributed by atoms with Crippen LogP contribution in [-0.2, 0) is 19.9 Å². The molecule has 3 rings (SSSR count). The highest BCUT2D eigenvalue weighted by Gasteiger charge is 2.20. The number of hydrogen-bond acceptors (Lipinski definition) is 4. The highest BCUT2D eigenvalue weighted by molar-refractivity contribution is 5.59. The van der Waals surface area contributed by atoms with Gasteiger partial charge in [-0.05, 0) is 25.7 Å². The highest BCUT2D eigenvalue weighted by atomic mass is 15.2. The van der Waals surface area contributed by atoms with Crippen LogP contribution in [0.1, 0.15) is 31.0 Å². The molecule has 1 aliphatic rings. The fraction of sp³-hybridized carbons (Fsp3) is 0.500. The van der Waals surface area contributed by atoms with E-state index in [4.69, 9.17) is 4.98 Å². The van der Waals surface area contributed by atoms with E-state index in [1.165, 1.54) is 17.7 Å². The van der Waals surface area contributed by atoms with Crippen LogP contribution in [0.15, 0.2) is 12.4 Å². The summed E-state index contributed by atoms with van der Waals surface area (Å²) in [5.41, 5.74) is 3.49. The summed E-state index contributed by atoms with van der Waals surface area (Å²) in [6.07, 6.45) is 8.21. The van der Waals surface area contributed by atoms with Crippen molar-refractivity contribution in [1.29, 1.82) is 0 Å². The fourth-order valence-corrected chi connectivity index (χ4v) is 2.49. The molecule has 0 saturated heterocycles. The van der Waals surface area contributed by atoms with Crippen LogP contribution >= 0.6 is 0 Å². The Balaban J connectivity index is 2.02. The van der Waals surface area contributed by atoms with E-state index in [2.05, 4.69) is 22.3 Å². The van der Waals surface area contributed by atoms with E-state index in [-0.39, 0.29) is 0 Å². The molecule has 100 valence electrons. The molecule has 2 aromatic rings. The molecule has 0 aliphatic heterocycles. The van der Waals surface area contributed by atoms with Gasteiger partial charge < -0.3 is 5.32 Å². The van der Waals surface area contributed by atoms with Crippen LogP contribution in [0.25, 0.3) is 11.4 Å². The van der Waals surface area contributed by atoms with E-state index in [1.54, 1.807) is 4.68 Å². The molecular weight excluding hydrogens is 238 g/mol. The summed E-state index contributed by atoms with van der Waals surface area (Å²) in [4.78, 5) is 9.39. The number of rotatable bonds is 4. The molecule has 0 saturated carbocycles. The summed E-state index contributed by atoms with van der Waals surface area (Å²) in [5.74, 6) is 1.80. The number of hydrogen-bond donors (Lipinski definition) is 1. The first kappa shape index (κ1) is 12.1. The lowest BCUT2D eigenvalue weighted by molar-refractivity contribution is 0.768. The molecule has 0 radical (unpaired) electrons. The van der Waals surface area contributed by atoms with Gasteiger partial charge in [-0.15, -0.1) is 0 Å². The van der Waals surface area contributed by atoms with Crippen LogP contribution < -0.4 is 5.32 Å². The molecule has 5 nitrogen and oxygen atoms in total. The van der Waals surface area contributed by atoms with Gasteiger partial charge in [-0.3, -0.25) is 4.68 Å². The topological polar surface area (TPSA) is 55.6 Å². The van der Waals surface area contributed by atoms with E-state index in [0.29, 0.717) is 0 Å². The first-order valence-electron chi connectivity index (χ1n) is 6.90. The molecule has 1 N–H and O–H groups in total. The monoisotopic (exact) mass is 257 g/mol. The number of aryl methyl sites for hydroxylation is 2. The minimum atomic E-state index is 0.785. The van der Waals surface area contributed by atoms with Crippen molar-refractivity contribution in [1.82, 2.24) is 19.7 Å². The Morgan fingerprint density at radius 3 is 2.95 bits per heavy atom. The van der Waals surface area contributed by atoms with Crippen LogP contribution in [0, 0.1) is 0 Å². The molecule has 0 amide bonds. The van der Waals surface area contributed by atoms with Crippen LogP contribution in [-0.4, -0.2) is 26.3 Å². The van der Waals surface area contributed by atoms with Gasteiger partial charge >= 0.3 is 0 Å². The number of aromatic nitrogens is 4. The van der Waals surface area contributed by atoms with E-state index in [0.717, 1.165) is 43.0 Å². The van der Waals surface area contributed by atoms with Gasteiger partial charge in [0.25, 0.3) is 0 Å². The molecule has 19 heavy (non-hydrogen) atoms. The van der Waals surface area contributed by atoms with Gasteiger partial charge in [-0.2, -0.15) is 5.10 Å². The number of nitrogens with zero attached hydrogens (tertiary/aromatic N) is 4. The average Bonchev–Trinajstić information content (AvgIpc) is 3.03. The molecule has 0 aromatic carbocycles. The van der Waals surface area contributed by atoms with Gasteiger partial charge in [0.1, 0.15) is 5.82 Å². The Kier molecular flexibility index (Phi) is 3.19. The smallest absolute Gasteiger partial charge is 0.164 e. The molecule has 0 bridgehead atoms. The quantitative estimate of drug-likeness (QED) is 0.912. The summed E-state index contributed by atoms with van der Waals surface area (Å²) in [6.45, 7) is 3.12. The van der Waals surface area contributed by atoms with Crippen LogP contribution in [0.2, 0.25) is 0 Å². The SMILES string of the molecule is CCCNc1nc(-c2cnn(C)c2)nc2c1CCC2. The lowest BCUT2D eigenvalue weighted by Gasteiger charge is -2.10. The fourth-order valence-electron chi connectivity index (χ4n) is 2.49. The highest BCUT2D eigenvalue weighted by Crippen LogP contribution is 2.28. The maximum Gasteiger partial charge on any atom is 0.164 e. The first-order chi connectivity index (χ1) is 9.28. The minimum Gasteiger partial charge on any atom is -0.370 e. The van der Waals surface area contributed by atoms with E-state index in [1.807, 2.05) is 19.4 Å². The minimum absolute atomic E-state index is 0.785. The summed E-state index contributed by atoms with van der Waals surface area (Å²) < 4.78 is 1.78. The van der Waals surface area contributed by atoms with Crippen molar-refractivity contribution in [2.24, 2.45) is 7.05 Å². The second-order valence-electron chi connectivity index (χ2n) is 5.00. The van der Waals surface area contributed by atoms with Crippen molar-refractivity contribution in [2.45, 2.75) is 32.6 Å². The average molecular weight is 257 g/mol. The zero-order chi connectivity index (χ0) is 13.2. The molecule has 0 atom stereocenters. The van der Waals surface area contributed by atoms with Crippen LogP contribution in [0.3, 0.4) is 0 Å². The second kappa shape index (κ2) is 4.99. The molecular formula is C14H19N5. The van der Waals surface area contributed by atoms with Crippen LogP contribution in [0.5, 0.6) is 0 Å². The molecule has 5 heteroatoms. The number of fused-ring (bicyclic) bond motifs is 1. The largest absolute Gasteiger partial charge is 0.370 e. The van der Waals surface area contributed by atoms with Gasteiger partial charge in [0, 0.05) is 31.0 Å². The van der Waals surface area contributed by atoms with Crippen molar-refractivity contribution in [3.63, 3.8) is 0 Å². The standard InChI is InChI=1S/C14H19N5/c1-3-7-15-14-11-5-4-6-12(11)17-13(18-14)10-8-16-19(2)9-10/h8-9H,3-7H2,1-2H3,(H,15,17,18). The Hall–Kier alpha value is -1.91. The second-order valence-corrected chi connectivity index (χ2v) is 5.00. The summed E-state index contributed by atoms with van der Waals surface area (Å²) in [5, 5.41) is 7.63. The normalized spacial score (nSPS) is 13.6. The summed E-state index contributed by atoms with van der Waals surface area (Å²) >= 11 is 0. The van der Waals surface area contributed by atoms with Crippen molar-refractivity contribution < 1.29 is 0 Å². The van der Waals surface area contributed by atoms with Crippen LogP contribution in [0.4, 0.5) is 5.82 Å². The molecule has 0 unspecified atom stereocenters. The van der Waals surface area contributed by atoms with Crippen molar-refractivity contribution in [3.8, 4) is 11.4 Å². The Morgan fingerprint density at radius 1 is 1.32 bits per heavy atom. The van der Waals surface area contributed by atoms with Gasteiger partial charge in [0.2, 0.25) is 0 Å². The Labute approximate surface area is 113 Å².